The molecule has 0 unspecified atom stereocenters. The van der Waals surface area contributed by atoms with E-state index in [1.165, 1.54) is 82.2 Å². The minimum atomic E-state index is 0.161. The smallest absolute Gasteiger partial charge is 0.164 e. The van der Waals surface area contributed by atoms with Crippen molar-refractivity contribution < 1.29 is 0 Å². The van der Waals surface area contributed by atoms with Gasteiger partial charge < -0.3 is 0 Å². The Morgan fingerprint density at radius 2 is 0.633 bits per heavy atom. The first kappa shape index (κ1) is 35.9. The van der Waals surface area contributed by atoms with E-state index in [2.05, 4.69) is 164 Å². The summed E-state index contributed by atoms with van der Waals surface area (Å²) in [5.74, 6) is 1.95. The first-order valence-electron chi connectivity index (χ1n) is 21.2. The Bertz CT molecular complexity index is 2960. The molecule has 0 radical (unpaired) electrons. The highest BCUT2D eigenvalue weighted by molar-refractivity contribution is 5.85. The van der Waals surface area contributed by atoms with Crippen LogP contribution in [0.1, 0.15) is 43.2 Å². The quantitative estimate of drug-likeness (QED) is 0.162. The molecule has 2 aliphatic rings. The van der Waals surface area contributed by atoms with Gasteiger partial charge in [0.1, 0.15) is 0 Å². The van der Waals surface area contributed by atoms with Gasteiger partial charge in [-0.25, -0.2) is 15.0 Å². The van der Waals surface area contributed by atoms with Crippen molar-refractivity contribution in [3.63, 3.8) is 0 Å². The minimum Gasteiger partial charge on any atom is -0.208 e. The molecule has 1 fully saturated rings. The number of rotatable bonds is 7. The Hall–Kier alpha value is -7.23. The lowest BCUT2D eigenvalue weighted by Gasteiger charge is -2.36. The molecule has 8 aromatic carbocycles. The SMILES string of the molecule is c1ccc(-c2ccc(-c3nc(-c4ccccc4)nc(-c4ccc(-c5cccc(-c6ccc(-c7ccc8c(c7)C7(CCCCC7)c7ccccc7-8)cc6)c5)cc4)n3)cc2)cc1. The van der Waals surface area contributed by atoms with Crippen molar-refractivity contribution >= 4 is 0 Å². The van der Waals surface area contributed by atoms with E-state index in [1.54, 1.807) is 5.56 Å². The molecule has 11 rings (SSSR count). The highest BCUT2D eigenvalue weighted by Crippen LogP contribution is 2.56. The van der Waals surface area contributed by atoms with E-state index in [0.29, 0.717) is 17.5 Å². The van der Waals surface area contributed by atoms with Crippen LogP contribution in [0.3, 0.4) is 0 Å². The van der Waals surface area contributed by atoms with E-state index >= 15 is 0 Å². The molecule has 9 aromatic rings. The fourth-order valence-corrected chi connectivity index (χ4v) is 9.67. The lowest BCUT2D eigenvalue weighted by molar-refractivity contribution is 0.353. The summed E-state index contributed by atoms with van der Waals surface area (Å²) >= 11 is 0. The second-order valence-electron chi connectivity index (χ2n) is 16.3. The number of nitrogens with zero attached hydrogens (tertiary/aromatic N) is 3. The van der Waals surface area contributed by atoms with Crippen LogP contribution in [0.2, 0.25) is 0 Å². The van der Waals surface area contributed by atoms with Gasteiger partial charge in [-0.3, -0.25) is 0 Å². The third-order valence-corrected chi connectivity index (χ3v) is 12.8. The maximum Gasteiger partial charge on any atom is 0.164 e. The van der Waals surface area contributed by atoms with Gasteiger partial charge in [0.25, 0.3) is 0 Å². The molecule has 0 aliphatic heterocycles. The third-order valence-electron chi connectivity index (χ3n) is 12.8. The fraction of sp³-hybridized carbons (Fsp3) is 0.105. The Labute approximate surface area is 352 Å². The molecule has 60 heavy (non-hydrogen) atoms. The van der Waals surface area contributed by atoms with Crippen LogP contribution in [0.25, 0.3) is 89.8 Å². The van der Waals surface area contributed by atoms with E-state index in [9.17, 15) is 0 Å². The zero-order valence-electron chi connectivity index (χ0n) is 33.4. The molecule has 0 atom stereocenters. The summed E-state index contributed by atoms with van der Waals surface area (Å²) in [6.45, 7) is 0. The van der Waals surface area contributed by atoms with Crippen molar-refractivity contribution in [2.45, 2.75) is 37.5 Å². The number of fused-ring (bicyclic) bond motifs is 5. The predicted octanol–water partition coefficient (Wildman–Crippen LogP) is 14.8. The zero-order chi connectivity index (χ0) is 39.9. The summed E-state index contributed by atoms with van der Waals surface area (Å²) in [5.41, 5.74) is 18.5. The molecular formula is C57H43N3. The maximum atomic E-state index is 5.01. The monoisotopic (exact) mass is 769 g/mol. The average molecular weight is 770 g/mol. The summed E-state index contributed by atoms with van der Waals surface area (Å²) in [6, 6.07) is 71.9. The Morgan fingerprint density at radius 3 is 1.18 bits per heavy atom. The summed E-state index contributed by atoms with van der Waals surface area (Å²) < 4.78 is 0. The molecule has 1 saturated carbocycles. The summed E-state index contributed by atoms with van der Waals surface area (Å²) in [6.07, 6.45) is 6.44. The molecule has 3 nitrogen and oxygen atoms in total. The molecule has 0 N–H and O–H groups in total. The molecule has 0 amide bonds. The summed E-state index contributed by atoms with van der Waals surface area (Å²) in [5, 5.41) is 0. The standard InChI is InChI=1S/C57H43N3/c1-4-13-39(14-5-1)40-25-29-45(30-26-40)55-58-54(44-15-6-2-7-16-44)59-56(60-55)46-31-27-42(28-32-46)48-18-12-17-47(37-48)41-21-23-43(24-22-41)49-33-34-51-50-19-8-9-20-52(50)57(53(51)38-49)35-10-3-11-36-57/h1-2,4-9,12-34,37-38H,3,10-11,35-36H2. The number of hydrogen-bond acceptors (Lipinski definition) is 3. The van der Waals surface area contributed by atoms with Gasteiger partial charge in [-0.1, -0.05) is 207 Å². The van der Waals surface area contributed by atoms with Crippen LogP contribution in [-0.2, 0) is 5.41 Å². The highest BCUT2D eigenvalue weighted by atomic mass is 15.0. The largest absolute Gasteiger partial charge is 0.208 e. The summed E-state index contributed by atoms with van der Waals surface area (Å²) in [4.78, 5) is 14.9. The summed E-state index contributed by atoms with van der Waals surface area (Å²) in [7, 11) is 0. The number of benzene rings is 8. The number of aromatic nitrogens is 3. The van der Waals surface area contributed by atoms with Gasteiger partial charge in [-0.05, 0) is 91.7 Å². The van der Waals surface area contributed by atoms with Crippen LogP contribution in [0.15, 0.2) is 200 Å². The van der Waals surface area contributed by atoms with Gasteiger partial charge in [-0.2, -0.15) is 0 Å². The van der Waals surface area contributed by atoms with E-state index in [0.717, 1.165) is 27.8 Å². The van der Waals surface area contributed by atoms with Crippen molar-refractivity contribution in [3.8, 4) is 89.8 Å². The predicted molar refractivity (Wildman–Crippen MR) is 247 cm³/mol. The molecule has 286 valence electrons. The van der Waals surface area contributed by atoms with Crippen molar-refractivity contribution in [1.29, 1.82) is 0 Å². The molecular weight excluding hydrogens is 727 g/mol. The van der Waals surface area contributed by atoms with Crippen LogP contribution in [0.5, 0.6) is 0 Å². The lowest BCUT2D eigenvalue weighted by atomic mass is 9.67. The van der Waals surface area contributed by atoms with Crippen LogP contribution < -0.4 is 0 Å². The van der Waals surface area contributed by atoms with E-state index < -0.39 is 0 Å². The molecule has 2 aliphatic carbocycles. The van der Waals surface area contributed by atoms with Crippen molar-refractivity contribution in [3.05, 3.63) is 211 Å². The van der Waals surface area contributed by atoms with Gasteiger partial charge in [0.05, 0.1) is 0 Å². The maximum absolute atomic E-state index is 5.01. The highest BCUT2D eigenvalue weighted by Gasteiger charge is 2.43. The van der Waals surface area contributed by atoms with Gasteiger partial charge in [0.15, 0.2) is 17.5 Å². The molecule has 1 heterocycles. The van der Waals surface area contributed by atoms with E-state index in [-0.39, 0.29) is 5.41 Å². The second-order valence-corrected chi connectivity index (χ2v) is 16.3. The van der Waals surface area contributed by atoms with Crippen molar-refractivity contribution in [1.82, 2.24) is 15.0 Å². The Morgan fingerprint density at radius 1 is 0.267 bits per heavy atom. The van der Waals surface area contributed by atoms with Crippen molar-refractivity contribution in [2.75, 3.05) is 0 Å². The Kier molecular flexibility index (Phi) is 9.08. The first-order chi connectivity index (χ1) is 29.7. The molecule has 0 saturated heterocycles. The van der Waals surface area contributed by atoms with Crippen LogP contribution in [0.4, 0.5) is 0 Å². The van der Waals surface area contributed by atoms with Crippen LogP contribution in [-0.4, -0.2) is 15.0 Å². The fourth-order valence-electron chi connectivity index (χ4n) is 9.67. The normalized spacial score (nSPS) is 13.8. The third kappa shape index (κ3) is 6.53. The van der Waals surface area contributed by atoms with Gasteiger partial charge in [0.2, 0.25) is 0 Å². The van der Waals surface area contributed by atoms with Gasteiger partial charge in [0, 0.05) is 22.1 Å². The average Bonchev–Trinajstić information content (AvgIpc) is 3.60. The van der Waals surface area contributed by atoms with E-state index in [1.807, 2.05) is 36.4 Å². The van der Waals surface area contributed by atoms with Gasteiger partial charge in [-0.15, -0.1) is 0 Å². The first-order valence-corrected chi connectivity index (χ1v) is 21.2. The van der Waals surface area contributed by atoms with Gasteiger partial charge >= 0.3 is 0 Å². The lowest BCUT2D eigenvalue weighted by Crippen LogP contribution is -2.28. The van der Waals surface area contributed by atoms with Crippen LogP contribution >= 0.6 is 0 Å². The van der Waals surface area contributed by atoms with Crippen LogP contribution in [0, 0.1) is 0 Å². The number of hydrogen-bond donors (Lipinski definition) is 0. The molecule has 1 spiro atoms. The minimum absolute atomic E-state index is 0.161. The second kappa shape index (κ2) is 15.2. The molecule has 0 bridgehead atoms. The molecule has 3 heteroatoms. The van der Waals surface area contributed by atoms with Crippen molar-refractivity contribution in [2.24, 2.45) is 0 Å². The topological polar surface area (TPSA) is 38.7 Å². The zero-order valence-corrected chi connectivity index (χ0v) is 33.4. The molecule has 1 aromatic heterocycles. The van der Waals surface area contributed by atoms with E-state index in [4.69, 9.17) is 15.0 Å². The Balaban J connectivity index is 0.864.